The fraction of sp³-hybridized carbons (Fsp3) is 0.478. The van der Waals surface area contributed by atoms with E-state index < -0.39 is 0 Å². The third-order valence-corrected chi connectivity index (χ3v) is 4.99. The highest BCUT2D eigenvalue weighted by molar-refractivity contribution is 5.81. The number of benzene rings is 1. The van der Waals surface area contributed by atoms with Crippen molar-refractivity contribution >= 4 is 5.91 Å². The Kier molecular flexibility index (Phi) is 8.46. The van der Waals surface area contributed by atoms with Crippen molar-refractivity contribution in [2.24, 2.45) is 5.92 Å². The number of hydrogen-bond acceptors (Lipinski definition) is 5. The molecule has 1 aromatic heterocycles. The van der Waals surface area contributed by atoms with Gasteiger partial charge in [0, 0.05) is 12.7 Å². The second-order valence-corrected chi connectivity index (χ2v) is 7.55. The van der Waals surface area contributed by atoms with E-state index in [1.165, 1.54) is 0 Å². The predicted octanol–water partition coefficient (Wildman–Crippen LogP) is 3.44. The van der Waals surface area contributed by atoms with E-state index in [0.717, 1.165) is 16.8 Å². The Bertz CT molecular complexity index is 808. The molecule has 0 spiro atoms. The number of rotatable bonds is 10. The quantitative estimate of drug-likeness (QED) is 0.640. The van der Waals surface area contributed by atoms with Gasteiger partial charge in [-0.3, -0.25) is 15.1 Å². The number of methoxy groups -OCH3 is 2. The smallest absolute Gasteiger partial charge is 0.236 e. The standard InChI is InChI=1S/C23H33N3O3/c1-15(2)21(22-16(3)8-7-12-24-22)26-17(4)23(27)25-13-11-18-9-10-19(28-5)20(14-18)29-6/h7-10,12,14-15,17,21,26H,11,13H2,1-6H3,(H,25,27). The van der Waals surface area contributed by atoms with Crippen molar-refractivity contribution in [3.05, 3.63) is 53.3 Å². The number of aromatic nitrogens is 1. The van der Waals surface area contributed by atoms with Crippen LogP contribution in [0.25, 0.3) is 0 Å². The first-order valence-corrected chi connectivity index (χ1v) is 10.0. The van der Waals surface area contributed by atoms with Crippen LogP contribution >= 0.6 is 0 Å². The van der Waals surface area contributed by atoms with Crippen molar-refractivity contribution < 1.29 is 14.3 Å². The van der Waals surface area contributed by atoms with Crippen molar-refractivity contribution in [1.82, 2.24) is 15.6 Å². The number of amides is 1. The zero-order chi connectivity index (χ0) is 21.4. The lowest BCUT2D eigenvalue weighted by molar-refractivity contribution is -0.123. The van der Waals surface area contributed by atoms with Crippen molar-refractivity contribution in [2.75, 3.05) is 20.8 Å². The van der Waals surface area contributed by atoms with E-state index in [1.54, 1.807) is 20.4 Å². The molecule has 1 amide bonds. The van der Waals surface area contributed by atoms with Crippen LogP contribution in [0, 0.1) is 12.8 Å². The summed E-state index contributed by atoms with van der Waals surface area (Å²) in [7, 11) is 3.23. The Morgan fingerprint density at radius 3 is 2.45 bits per heavy atom. The van der Waals surface area contributed by atoms with Crippen LogP contribution in [0.1, 0.15) is 43.6 Å². The second-order valence-electron chi connectivity index (χ2n) is 7.55. The highest BCUT2D eigenvalue weighted by atomic mass is 16.5. The van der Waals surface area contributed by atoms with Crippen LogP contribution in [0.4, 0.5) is 0 Å². The largest absolute Gasteiger partial charge is 0.493 e. The van der Waals surface area contributed by atoms with E-state index in [0.29, 0.717) is 30.4 Å². The molecular formula is C23H33N3O3. The number of ether oxygens (including phenoxy) is 2. The molecule has 1 aromatic carbocycles. The SMILES string of the molecule is COc1ccc(CCNC(=O)C(C)NC(c2ncccc2C)C(C)C)cc1OC. The summed E-state index contributed by atoms with van der Waals surface area (Å²) < 4.78 is 10.6. The van der Waals surface area contributed by atoms with Crippen LogP contribution in [-0.2, 0) is 11.2 Å². The highest BCUT2D eigenvalue weighted by Crippen LogP contribution is 2.27. The summed E-state index contributed by atoms with van der Waals surface area (Å²) in [6.45, 7) is 8.75. The molecule has 0 radical (unpaired) electrons. The molecule has 158 valence electrons. The second kappa shape index (κ2) is 10.8. The first-order valence-electron chi connectivity index (χ1n) is 10.0. The van der Waals surface area contributed by atoms with Crippen LogP contribution in [-0.4, -0.2) is 37.7 Å². The molecule has 0 aliphatic heterocycles. The molecule has 0 saturated heterocycles. The molecule has 0 fully saturated rings. The first-order chi connectivity index (χ1) is 13.9. The molecule has 2 unspecified atom stereocenters. The minimum absolute atomic E-state index is 0.0165. The van der Waals surface area contributed by atoms with Gasteiger partial charge in [0.25, 0.3) is 0 Å². The van der Waals surface area contributed by atoms with Crippen LogP contribution in [0.15, 0.2) is 36.5 Å². The van der Waals surface area contributed by atoms with Crippen molar-refractivity contribution in [3.8, 4) is 11.5 Å². The molecule has 0 saturated carbocycles. The summed E-state index contributed by atoms with van der Waals surface area (Å²) >= 11 is 0. The third kappa shape index (κ3) is 6.19. The number of nitrogens with zero attached hydrogens (tertiary/aromatic N) is 1. The van der Waals surface area contributed by atoms with Gasteiger partial charge in [-0.15, -0.1) is 0 Å². The van der Waals surface area contributed by atoms with Gasteiger partial charge in [-0.2, -0.15) is 0 Å². The van der Waals surface area contributed by atoms with Crippen LogP contribution in [0.5, 0.6) is 11.5 Å². The molecule has 29 heavy (non-hydrogen) atoms. The lowest BCUT2D eigenvalue weighted by atomic mass is 9.96. The summed E-state index contributed by atoms with van der Waals surface area (Å²) in [5, 5.41) is 6.46. The third-order valence-electron chi connectivity index (χ3n) is 4.99. The van der Waals surface area contributed by atoms with Gasteiger partial charge in [0.2, 0.25) is 5.91 Å². The van der Waals surface area contributed by atoms with E-state index >= 15 is 0 Å². The predicted molar refractivity (Wildman–Crippen MR) is 115 cm³/mol. The molecular weight excluding hydrogens is 366 g/mol. The molecule has 0 aliphatic rings. The van der Waals surface area contributed by atoms with E-state index in [4.69, 9.17) is 9.47 Å². The molecule has 6 nitrogen and oxygen atoms in total. The van der Waals surface area contributed by atoms with Crippen molar-refractivity contribution in [3.63, 3.8) is 0 Å². The number of pyridine rings is 1. The maximum Gasteiger partial charge on any atom is 0.236 e. The zero-order valence-electron chi connectivity index (χ0n) is 18.3. The Morgan fingerprint density at radius 2 is 1.83 bits per heavy atom. The number of hydrogen-bond donors (Lipinski definition) is 2. The summed E-state index contributed by atoms with van der Waals surface area (Å²) in [5.74, 6) is 1.68. The van der Waals surface area contributed by atoms with Gasteiger partial charge in [-0.1, -0.05) is 26.0 Å². The Balaban J connectivity index is 1.92. The normalized spacial score (nSPS) is 13.1. The lowest BCUT2D eigenvalue weighted by Crippen LogP contribution is -2.45. The average molecular weight is 400 g/mol. The van der Waals surface area contributed by atoms with Crippen LogP contribution in [0.2, 0.25) is 0 Å². The summed E-state index contributed by atoms with van der Waals surface area (Å²) in [6, 6.07) is 9.47. The van der Waals surface area contributed by atoms with Crippen LogP contribution < -0.4 is 20.1 Å². The number of aryl methyl sites for hydroxylation is 1. The Hall–Kier alpha value is -2.60. The highest BCUT2D eigenvalue weighted by Gasteiger charge is 2.23. The van der Waals surface area contributed by atoms with Gasteiger partial charge in [0.15, 0.2) is 11.5 Å². The van der Waals surface area contributed by atoms with Gasteiger partial charge in [0.05, 0.1) is 32.0 Å². The van der Waals surface area contributed by atoms with Gasteiger partial charge < -0.3 is 14.8 Å². The van der Waals surface area contributed by atoms with E-state index in [-0.39, 0.29) is 18.0 Å². The monoisotopic (exact) mass is 399 g/mol. The fourth-order valence-corrected chi connectivity index (χ4v) is 3.27. The van der Waals surface area contributed by atoms with Gasteiger partial charge in [-0.05, 0) is 55.5 Å². The molecule has 0 bridgehead atoms. The number of nitrogens with one attached hydrogen (secondary N) is 2. The fourth-order valence-electron chi connectivity index (χ4n) is 3.27. The van der Waals surface area contributed by atoms with Gasteiger partial charge in [0.1, 0.15) is 0 Å². The molecule has 2 rings (SSSR count). The molecule has 6 heteroatoms. The first kappa shape index (κ1) is 22.7. The van der Waals surface area contributed by atoms with Crippen molar-refractivity contribution in [1.29, 1.82) is 0 Å². The van der Waals surface area contributed by atoms with E-state index in [2.05, 4.69) is 29.5 Å². The minimum atomic E-state index is -0.325. The maximum absolute atomic E-state index is 12.6. The Morgan fingerprint density at radius 1 is 1.10 bits per heavy atom. The summed E-state index contributed by atoms with van der Waals surface area (Å²) in [5.41, 5.74) is 3.19. The summed E-state index contributed by atoms with van der Waals surface area (Å²) in [4.78, 5) is 17.1. The van der Waals surface area contributed by atoms with Gasteiger partial charge in [-0.25, -0.2) is 0 Å². The number of carbonyl (C=O) groups is 1. The Labute approximate surface area is 174 Å². The summed E-state index contributed by atoms with van der Waals surface area (Å²) in [6.07, 6.45) is 2.51. The topological polar surface area (TPSA) is 72.5 Å². The van der Waals surface area contributed by atoms with E-state index in [9.17, 15) is 4.79 Å². The molecule has 2 atom stereocenters. The maximum atomic E-state index is 12.6. The molecule has 1 heterocycles. The lowest BCUT2D eigenvalue weighted by Gasteiger charge is -2.26. The van der Waals surface area contributed by atoms with Crippen molar-refractivity contribution in [2.45, 2.75) is 46.2 Å². The van der Waals surface area contributed by atoms with Crippen LogP contribution in [0.3, 0.4) is 0 Å². The molecule has 0 aliphatic carbocycles. The zero-order valence-corrected chi connectivity index (χ0v) is 18.3. The number of carbonyl (C=O) groups excluding carboxylic acids is 1. The minimum Gasteiger partial charge on any atom is -0.493 e. The molecule has 2 aromatic rings. The van der Waals surface area contributed by atoms with E-state index in [1.807, 2.05) is 44.2 Å². The molecule has 2 N–H and O–H groups in total. The average Bonchev–Trinajstić information content (AvgIpc) is 2.72. The van der Waals surface area contributed by atoms with Gasteiger partial charge >= 0.3 is 0 Å².